The molecule has 0 nitrogen and oxygen atoms in total. The van der Waals surface area contributed by atoms with Crippen molar-refractivity contribution < 1.29 is 0 Å². The molecule has 2 rings (SSSR count). The first-order chi connectivity index (χ1) is 6.84. The summed E-state index contributed by atoms with van der Waals surface area (Å²) < 4.78 is 0. The summed E-state index contributed by atoms with van der Waals surface area (Å²) in [4.78, 5) is 3.37. The molecule has 2 heteroatoms. The number of hydrogen-bond donors (Lipinski definition) is 0. The van der Waals surface area contributed by atoms with Crippen LogP contribution in [-0.2, 0) is 0 Å². The molecular formula is C12H9S2. The Morgan fingerprint density at radius 2 is 1.29 bits per heavy atom. The Bertz CT molecular complexity index is 392. The van der Waals surface area contributed by atoms with Crippen LogP contribution in [0.5, 0.6) is 0 Å². The molecule has 2 aromatic rings. The van der Waals surface area contributed by atoms with E-state index in [9.17, 15) is 0 Å². The van der Waals surface area contributed by atoms with Gasteiger partial charge in [-0.05, 0) is 36.4 Å². The highest BCUT2D eigenvalue weighted by Crippen LogP contribution is 2.27. The van der Waals surface area contributed by atoms with Gasteiger partial charge in [-0.3, -0.25) is 0 Å². The standard InChI is InChI=1S/C12H9S2/c13-10-6-8-12(9-7-10)14-11-4-2-1-3-5-11/h1-9H. The summed E-state index contributed by atoms with van der Waals surface area (Å²) in [7, 11) is 0. The molecule has 0 saturated heterocycles. The normalized spacial score (nSPS) is 10.0. The van der Waals surface area contributed by atoms with Gasteiger partial charge in [0, 0.05) is 14.7 Å². The molecular weight excluding hydrogens is 208 g/mol. The minimum atomic E-state index is 0.891. The average Bonchev–Trinajstić information content (AvgIpc) is 2.23. The lowest BCUT2D eigenvalue weighted by Crippen LogP contribution is -1.72. The maximum absolute atomic E-state index is 5.03. The van der Waals surface area contributed by atoms with Crippen LogP contribution in [0.2, 0.25) is 0 Å². The van der Waals surface area contributed by atoms with Gasteiger partial charge < -0.3 is 0 Å². The lowest BCUT2D eigenvalue weighted by atomic mass is 10.4. The minimum absolute atomic E-state index is 0.891. The van der Waals surface area contributed by atoms with E-state index in [0.29, 0.717) is 0 Å². The average molecular weight is 217 g/mol. The van der Waals surface area contributed by atoms with Crippen molar-refractivity contribution in [3.8, 4) is 0 Å². The summed E-state index contributed by atoms with van der Waals surface area (Å²) in [5.41, 5.74) is 0. The lowest BCUT2D eigenvalue weighted by molar-refractivity contribution is 1.35. The highest BCUT2D eigenvalue weighted by atomic mass is 32.2. The first-order valence-electron chi connectivity index (χ1n) is 4.34. The molecule has 0 heterocycles. The molecule has 0 fully saturated rings. The highest BCUT2D eigenvalue weighted by Gasteiger charge is 1.95. The molecule has 69 valence electrons. The number of rotatable bonds is 2. The Kier molecular flexibility index (Phi) is 3.07. The van der Waals surface area contributed by atoms with E-state index in [2.05, 4.69) is 24.3 Å². The van der Waals surface area contributed by atoms with Crippen molar-refractivity contribution in [2.24, 2.45) is 0 Å². The minimum Gasteiger partial charge on any atom is -0.0901 e. The van der Waals surface area contributed by atoms with Gasteiger partial charge >= 0.3 is 0 Å². The third kappa shape index (κ3) is 2.50. The van der Waals surface area contributed by atoms with E-state index in [-0.39, 0.29) is 0 Å². The predicted molar refractivity (Wildman–Crippen MR) is 62.9 cm³/mol. The molecule has 0 aliphatic rings. The summed E-state index contributed by atoms with van der Waals surface area (Å²) >= 11 is 6.78. The van der Waals surface area contributed by atoms with Gasteiger partial charge in [0.05, 0.1) is 0 Å². The van der Waals surface area contributed by atoms with E-state index in [0.717, 1.165) is 4.90 Å². The van der Waals surface area contributed by atoms with Gasteiger partial charge in [-0.15, -0.1) is 0 Å². The largest absolute Gasteiger partial charge is 0.0901 e. The van der Waals surface area contributed by atoms with Crippen LogP contribution in [0.3, 0.4) is 0 Å². The molecule has 0 aromatic heterocycles. The first-order valence-corrected chi connectivity index (χ1v) is 5.57. The molecule has 0 bridgehead atoms. The van der Waals surface area contributed by atoms with Crippen LogP contribution in [0.1, 0.15) is 0 Å². The van der Waals surface area contributed by atoms with Gasteiger partial charge in [-0.25, -0.2) is 0 Å². The van der Waals surface area contributed by atoms with Crippen LogP contribution in [0.4, 0.5) is 0 Å². The van der Waals surface area contributed by atoms with Crippen molar-refractivity contribution in [3.63, 3.8) is 0 Å². The van der Waals surface area contributed by atoms with Crippen molar-refractivity contribution in [2.75, 3.05) is 0 Å². The van der Waals surface area contributed by atoms with Crippen LogP contribution in [0.25, 0.3) is 0 Å². The Labute approximate surface area is 93.8 Å². The zero-order chi connectivity index (χ0) is 9.80. The fraction of sp³-hybridized carbons (Fsp3) is 0. The highest BCUT2D eigenvalue weighted by molar-refractivity contribution is 7.99. The zero-order valence-corrected chi connectivity index (χ0v) is 9.15. The van der Waals surface area contributed by atoms with E-state index in [1.54, 1.807) is 11.8 Å². The molecule has 0 spiro atoms. The van der Waals surface area contributed by atoms with Crippen LogP contribution in [0, 0.1) is 0 Å². The van der Waals surface area contributed by atoms with Crippen molar-refractivity contribution in [2.45, 2.75) is 14.7 Å². The Balaban J connectivity index is 2.16. The second-order valence-corrected chi connectivity index (χ2v) is 4.50. The molecule has 0 aliphatic heterocycles. The molecule has 0 atom stereocenters. The zero-order valence-electron chi connectivity index (χ0n) is 7.51. The smallest absolute Gasteiger partial charge is 0.0377 e. The van der Waals surface area contributed by atoms with Gasteiger partial charge in [0.25, 0.3) is 0 Å². The fourth-order valence-electron chi connectivity index (χ4n) is 1.13. The molecule has 0 saturated carbocycles. The predicted octanol–water partition coefficient (Wildman–Crippen LogP) is 4.39. The van der Waals surface area contributed by atoms with Crippen molar-refractivity contribution in [1.82, 2.24) is 0 Å². The Morgan fingerprint density at radius 1 is 0.714 bits per heavy atom. The van der Waals surface area contributed by atoms with E-state index in [4.69, 9.17) is 12.6 Å². The van der Waals surface area contributed by atoms with Crippen molar-refractivity contribution in [1.29, 1.82) is 0 Å². The molecule has 0 amide bonds. The molecule has 0 aliphatic carbocycles. The molecule has 1 radical (unpaired) electrons. The van der Waals surface area contributed by atoms with Gasteiger partial charge in [0.15, 0.2) is 0 Å². The molecule has 14 heavy (non-hydrogen) atoms. The third-order valence-electron chi connectivity index (χ3n) is 1.80. The quantitative estimate of drug-likeness (QED) is 0.718. The second kappa shape index (κ2) is 4.49. The maximum atomic E-state index is 5.03. The van der Waals surface area contributed by atoms with Gasteiger partial charge in [-0.1, -0.05) is 42.6 Å². The third-order valence-corrected chi connectivity index (χ3v) is 3.09. The van der Waals surface area contributed by atoms with Crippen LogP contribution in [0.15, 0.2) is 69.3 Å². The monoisotopic (exact) mass is 217 g/mol. The van der Waals surface area contributed by atoms with Crippen molar-refractivity contribution >= 4 is 24.4 Å². The van der Waals surface area contributed by atoms with Gasteiger partial charge in [0.2, 0.25) is 0 Å². The van der Waals surface area contributed by atoms with Crippen LogP contribution < -0.4 is 0 Å². The van der Waals surface area contributed by atoms with E-state index in [1.165, 1.54) is 9.79 Å². The Hall–Kier alpha value is -0.990. The summed E-state index contributed by atoms with van der Waals surface area (Å²) in [6.45, 7) is 0. The van der Waals surface area contributed by atoms with E-state index >= 15 is 0 Å². The topological polar surface area (TPSA) is 0 Å². The lowest BCUT2D eigenvalue weighted by Gasteiger charge is -2.00. The van der Waals surface area contributed by atoms with E-state index < -0.39 is 0 Å². The Morgan fingerprint density at radius 3 is 1.93 bits per heavy atom. The van der Waals surface area contributed by atoms with Crippen LogP contribution in [-0.4, -0.2) is 0 Å². The van der Waals surface area contributed by atoms with Gasteiger partial charge in [-0.2, -0.15) is 0 Å². The molecule has 0 unspecified atom stereocenters. The fourth-order valence-corrected chi connectivity index (χ4v) is 2.11. The van der Waals surface area contributed by atoms with Crippen LogP contribution >= 0.6 is 24.4 Å². The van der Waals surface area contributed by atoms with Gasteiger partial charge in [0.1, 0.15) is 0 Å². The number of benzene rings is 2. The SMILES string of the molecule is [S]c1ccc(Sc2ccccc2)cc1. The summed E-state index contributed by atoms with van der Waals surface area (Å²) in [5.74, 6) is 0. The molecule has 0 N–H and O–H groups in total. The second-order valence-electron chi connectivity index (χ2n) is 2.89. The summed E-state index contributed by atoms with van der Waals surface area (Å²) in [6.07, 6.45) is 0. The number of hydrogen-bond acceptors (Lipinski definition) is 1. The maximum Gasteiger partial charge on any atom is 0.0377 e. The molecule has 2 aromatic carbocycles. The summed E-state index contributed by atoms with van der Waals surface area (Å²) in [6, 6.07) is 18.4. The summed E-state index contributed by atoms with van der Waals surface area (Å²) in [5, 5.41) is 0. The van der Waals surface area contributed by atoms with Crippen molar-refractivity contribution in [3.05, 3.63) is 54.6 Å². The van der Waals surface area contributed by atoms with E-state index in [1.807, 2.05) is 30.3 Å². The first kappa shape index (κ1) is 9.56.